The average Bonchev–Trinajstić information content (AvgIpc) is 2.65. The molecular formula is C18H17NO5. The second-order valence-electron chi connectivity index (χ2n) is 4.94. The van der Waals surface area contributed by atoms with Crippen LogP contribution in [0.2, 0.25) is 0 Å². The summed E-state index contributed by atoms with van der Waals surface area (Å²) in [6.45, 7) is -0.396. The molecule has 0 saturated carbocycles. The first kappa shape index (κ1) is 17.2. The van der Waals surface area contributed by atoms with Gasteiger partial charge in [-0.15, -0.1) is 0 Å². The molecule has 0 spiro atoms. The Labute approximate surface area is 139 Å². The van der Waals surface area contributed by atoms with Crippen molar-refractivity contribution in [3.63, 3.8) is 0 Å². The predicted octanol–water partition coefficient (Wildman–Crippen LogP) is 2.29. The van der Waals surface area contributed by atoms with Crippen molar-refractivity contribution in [3.05, 3.63) is 65.7 Å². The zero-order valence-electron chi connectivity index (χ0n) is 13.4. The van der Waals surface area contributed by atoms with Crippen LogP contribution in [0, 0.1) is 0 Å². The number of likely N-dealkylation sites (N-methyl/N-ethyl adjacent to an activating group) is 1. The molecule has 2 aromatic carbocycles. The number of nitrogens with zero attached hydrogens (tertiary/aromatic N) is 1. The van der Waals surface area contributed by atoms with Gasteiger partial charge in [0.2, 0.25) is 0 Å². The lowest BCUT2D eigenvalue weighted by atomic mass is 10.1. The number of anilines is 1. The normalized spacial score (nSPS) is 9.92. The van der Waals surface area contributed by atoms with Crippen LogP contribution in [0.1, 0.15) is 20.7 Å². The number of hydrogen-bond donors (Lipinski definition) is 0. The van der Waals surface area contributed by atoms with E-state index >= 15 is 0 Å². The Morgan fingerprint density at radius 3 is 2.17 bits per heavy atom. The van der Waals surface area contributed by atoms with Gasteiger partial charge in [-0.2, -0.15) is 0 Å². The molecule has 1 amide bonds. The van der Waals surface area contributed by atoms with E-state index in [1.165, 1.54) is 30.2 Å². The minimum absolute atomic E-state index is 0.174. The molecule has 6 heteroatoms. The molecule has 2 aromatic rings. The third kappa shape index (κ3) is 4.19. The fraction of sp³-hybridized carbons (Fsp3) is 0.167. The molecule has 0 atom stereocenters. The van der Waals surface area contributed by atoms with Gasteiger partial charge in [0.1, 0.15) is 0 Å². The number of hydrogen-bond acceptors (Lipinski definition) is 5. The van der Waals surface area contributed by atoms with Crippen molar-refractivity contribution >= 4 is 23.5 Å². The maximum absolute atomic E-state index is 12.1. The minimum atomic E-state index is -0.685. The van der Waals surface area contributed by atoms with Crippen LogP contribution in [-0.2, 0) is 14.3 Å². The number of benzene rings is 2. The molecule has 2 rings (SSSR count). The highest BCUT2D eigenvalue weighted by atomic mass is 16.5. The van der Waals surface area contributed by atoms with E-state index in [-0.39, 0.29) is 17.0 Å². The summed E-state index contributed by atoms with van der Waals surface area (Å²) >= 11 is 0. The molecule has 0 aromatic heterocycles. The first-order valence-corrected chi connectivity index (χ1v) is 7.20. The Bertz CT molecular complexity index is 742. The van der Waals surface area contributed by atoms with Crippen LogP contribution >= 0.6 is 0 Å². The molecule has 0 unspecified atom stereocenters. The number of amides is 1. The van der Waals surface area contributed by atoms with Gasteiger partial charge >= 0.3 is 11.9 Å². The number of rotatable bonds is 5. The van der Waals surface area contributed by atoms with E-state index in [1.807, 2.05) is 18.2 Å². The first-order valence-electron chi connectivity index (χ1n) is 7.20. The predicted molar refractivity (Wildman–Crippen MR) is 87.9 cm³/mol. The molecule has 6 nitrogen and oxygen atoms in total. The summed E-state index contributed by atoms with van der Waals surface area (Å²) in [7, 11) is 2.86. The molecule has 0 bridgehead atoms. The summed E-state index contributed by atoms with van der Waals surface area (Å²) < 4.78 is 9.62. The van der Waals surface area contributed by atoms with Gasteiger partial charge < -0.3 is 14.4 Å². The summed E-state index contributed by atoms with van der Waals surface area (Å²) in [6, 6.07) is 14.9. The van der Waals surface area contributed by atoms with Gasteiger partial charge in [0.25, 0.3) is 5.91 Å². The summed E-state index contributed by atoms with van der Waals surface area (Å²) in [6.07, 6.45) is 0. The van der Waals surface area contributed by atoms with Crippen LogP contribution in [0.25, 0.3) is 0 Å². The molecule has 0 radical (unpaired) electrons. The Kier molecular flexibility index (Phi) is 5.68. The molecule has 0 fully saturated rings. The zero-order valence-corrected chi connectivity index (χ0v) is 13.4. The van der Waals surface area contributed by atoms with Gasteiger partial charge in [0.15, 0.2) is 6.61 Å². The molecule has 0 aliphatic heterocycles. The highest BCUT2D eigenvalue weighted by Crippen LogP contribution is 2.12. The van der Waals surface area contributed by atoms with E-state index in [2.05, 4.69) is 4.74 Å². The van der Waals surface area contributed by atoms with Crippen molar-refractivity contribution < 1.29 is 23.9 Å². The number of ether oxygens (including phenoxy) is 2. The summed E-state index contributed by atoms with van der Waals surface area (Å²) in [5.74, 6) is -1.60. The van der Waals surface area contributed by atoms with Gasteiger partial charge in [-0.1, -0.05) is 24.3 Å². The van der Waals surface area contributed by atoms with E-state index in [0.717, 1.165) is 0 Å². The maximum Gasteiger partial charge on any atom is 0.338 e. The fourth-order valence-electron chi connectivity index (χ4n) is 1.99. The van der Waals surface area contributed by atoms with Crippen LogP contribution < -0.4 is 4.90 Å². The number of methoxy groups -OCH3 is 1. The quantitative estimate of drug-likeness (QED) is 0.788. The standard InChI is InChI=1S/C18H17NO5/c1-19(15-9-4-3-5-10-15)16(20)12-24-18(22)14-8-6-7-13(11-14)17(21)23-2/h3-11H,12H2,1-2H3. The minimum Gasteiger partial charge on any atom is -0.465 e. The van der Waals surface area contributed by atoms with Crippen LogP contribution in [0.4, 0.5) is 5.69 Å². The van der Waals surface area contributed by atoms with Gasteiger partial charge in [-0.3, -0.25) is 4.79 Å². The summed E-state index contributed by atoms with van der Waals surface area (Å²) in [5.41, 5.74) is 1.11. The average molecular weight is 327 g/mol. The molecular weight excluding hydrogens is 310 g/mol. The van der Waals surface area contributed by atoms with E-state index in [0.29, 0.717) is 5.69 Å². The van der Waals surface area contributed by atoms with Crippen LogP contribution in [0.5, 0.6) is 0 Å². The van der Waals surface area contributed by atoms with E-state index in [4.69, 9.17) is 4.74 Å². The molecule has 24 heavy (non-hydrogen) atoms. The Morgan fingerprint density at radius 2 is 1.54 bits per heavy atom. The molecule has 0 aliphatic rings. The fourth-order valence-corrected chi connectivity index (χ4v) is 1.99. The number of para-hydroxylation sites is 1. The number of carbonyl (C=O) groups is 3. The number of esters is 2. The smallest absolute Gasteiger partial charge is 0.338 e. The van der Waals surface area contributed by atoms with Crippen molar-refractivity contribution in [2.75, 3.05) is 25.7 Å². The Hall–Kier alpha value is -3.15. The number of carbonyl (C=O) groups excluding carboxylic acids is 3. The Morgan fingerprint density at radius 1 is 0.917 bits per heavy atom. The lowest BCUT2D eigenvalue weighted by Crippen LogP contribution is -2.31. The van der Waals surface area contributed by atoms with Crippen molar-refractivity contribution in [2.45, 2.75) is 0 Å². The molecule has 124 valence electrons. The van der Waals surface area contributed by atoms with Crippen LogP contribution in [0.3, 0.4) is 0 Å². The third-order valence-electron chi connectivity index (χ3n) is 3.36. The van der Waals surface area contributed by atoms with Crippen molar-refractivity contribution in [1.82, 2.24) is 0 Å². The third-order valence-corrected chi connectivity index (χ3v) is 3.36. The van der Waals surface area contributed by atoms with Gasteiger partial charge in [0, 0.05) is 12.7 Å². The van der Waals surface area contributed by atoms with E-state index < -0.39 is 18.5 Å². The lowest BCUT2D eigenvalue weighted by Gasteiger charge is -2.17. The molecule has 0 N–H and O–H groups in total. The largest absolute Gasteiger partial charge is 0.465 e. The summed E-state index contributed by atoms with van der Waals surface area (Å²) in [5, 5.41) is 0. The van der Waals surface area contributed by atoms with Gasteiger partial charge in [-0.25, -0.2) is 9.59 Å². The Balaban J connectivity index is 1.98. The SMILES string of the molecule is COC(=O)c1cccc(C(=O)OCC(=O)N(C)c2ccccc2)c1. The van der Waals surface area contributed by atoms with Crippen LogP contribution in [0.15, 0.2) is 54.6 Å². The molecule has 0 aliphatic carbocycles. The van der Waals surface area contributed by atoms with Gasteiger partial charge in [0.05, 0.1) is 18.2 Å². The second kappa shape index (κ2) is 7.92. The zero-order chi connectivity index (χ0) is 17.5. The summed E-state index contributed by atoms with van der Waals surface area (Å²) in [4.78, 5) is 37.0. The molecule has 0 saturated heterocycles. The van der Waals surface area contributed by atoms with Crippen molar-refractivity contribution in [2.24, 2.45) is 0 Å². The second-order valence-corrected chi connectivity index (χ2v) is 4.94. The van der Waals surface area contributed by atoms with E-state index in [9.17, 15) is 14.4 Å². The monoisotopic (exact) mass is 327 g/mol. The van der Waals surface area contributed by atoms with Crippen LogP contribution in [-0.4, -0.2) is 38.6 Å². The first-order chi connectivity index (χ1) is 11.5. The molecule has 0 heterocycles. The highest BCUT2D eigenvalue weighted by molar-refractivity contribution is 5.98. The van der Waals surface area contributed by atoms with E-state index in [1.54, 1.807) is 25.2 Å². The maximum atomic E-state index is 12.1. The highest BCUT2D eigenvalue weighted by Gasteiger charge is 2.16. The van der Waals surface area contributed by atoms with Crippen molar-refractivity contribution in [1.29, 1.82) is 0 Å². The topological polar surface area (TPSA) is 72.9 Å². The lowest BCUT2D eigenvalue weighted by molar-refractivity contribution is -0.121. The van der Waals surface area contributed by atoms with Gasteiger partial charge in [-0.05, 0) is 30.3 Å². The van der Waals surface area contributed by atoms with Crippen molar-refractivity contribution in [3.8, 4) is 0 Å².